The number of rotatable bonds is 6. The van der Waals surface area contributed by atoms with Gasteiger partial charge in [0.1, 0.15) is 0 Å². The van der Waals surface area contributed by atoms with E-state index in [4.69, 9.17) is 0 Å². The highest BCUT2D eigenvalue weighted by Crippen LogP contribution is 2.35. The van der Waals surface area contributed by atoms with Gasteiger partial charge >= 0.3 is 6.03 Å². The second-order valence-corrected chi connectivity index (χ2v) is 6.13. The molecular formula is C17H24N2O2. The van der Waals surface area contributed by atoms with E-state index < -0.39 is 0 Å². The number of aliphatic hydroxyl groups is 1. The third-order valence-electron chi connectivity index (χ3n) is 4.60. The number of carbonyl (C=O) groups is 1. The number of carbonyl (C=O) groups excluding carboxylic acids is 1. The molecule has 4 heteroatoms. The molecule has 3 rings (SSSR count). The van der Waals surface area contributed by atoms with Gasteiger partial charge in [0, 0.05) is 13.1 Å². The lowest BCUT2D eigenvalue weighted by Crippen LogP contribution is -2.43. The van der Waals surface area contributed by atoms with Crippen LogP contribution in [0.15, 0.2) is 24.3 Å². The summed E-state index contributed by atoms with van der Waals surface area (Å²) in [5, 5.41) is 12.3. The third kappa shape index (κ3) is 3.38. The average molecular weight is 288 g/mol. The normalized spacial score (nSPS) is 20.1. The second kappa shape index (κ2) is 6.48. The zero-order valence-electron chi connectivity index (χ0n) is 12.4. The van der Waals surface area contributed by atoms with E-state index in [1.165, 1.54) is 24.0 Å². The summed E-state index contributed by atoms with van der Waals surface area (Å²) in [5.74, 6) is 0.823. The molecule has 2 N–H and O–H groups in total. The molecule has 114 valence electrons. The summed E-state index contributed by atoms with van der Waals surface area (Å²) in [6.45, 7) is 1.16. The van der Waals surface area contributed by atoms with E-state index >= 15 is 0 Å². The maximum absolute atomic E-state index is 12.4. The molecule has 4 nitrogen and oxygen atoms in total. The SMILES string of the molecule is O=C(NCCC1CC1)N(CCO)C1CCc2ccccc21. The molecule has 0 aliphatic heterocycles. The predicted octanol–water partition coefficient (Wildman–Crippen LogP) is 2.48. The van der Waals surface area contributed by atoms with Gasteiger partial charge in [-0.15, -0.1) is 0 Å². The minimum atomic E-state index is -0.0357. The van der Waals surface area contributed by atoms with Gasteiger partial charge in [0.25, 0.3) is 0 Å². The molecule has 0 aromatic heterocycles. The van der Waals surface area contributed by atoms with Crippen LogP contribution in [0, 0.1) is 5.92 Å². The van der Waals surface area contributed by atoms with Crippen molar-refractivity contribution >= 4 is 6.03 Å². The predicted molar refractivity (Wildman–Crippen MR) is 82.0 cm³/mol. The average Bonchev–Trinajstić information content (AvgIpc) is 3.23. The number of fused-ring (bicyclic) bond motifs is 1. The summed E-state index contributed by atoms with van der Waals surface area (Å²) in [6.07, 6.45) is 5.67. The van der Waals surface area contributed by atoms with Gasteiger partial charge in [0.2, 0.25) is 0 Å². The number of benzene rings is 1. The summed E-state index contributed by atoms with van der Waals surface area (Å²) in [5.41, 5.74) is 2.57. The molecule has 1 aromatic rings. The fourth-order valence-electron chi connectivity index (χ4n) is 3.26. The summed E-state index contributed by atoms with van der Waals surface area (Å²) >= 11 is 0. The first kappa shape index (κ1) is 14.4. The molecule has 0 bridgehead atoms. The van der Waals surface area contributed by atoms with E-state index in [1.54, 1.807) is 4.90 Å². The van der Waals surface area contributed by atoms with Gasteiger partial charge in [0.15, 0.2) is 0 Å². The molecule has 0 saturated heterocycles. The van der Waals surface area contributed by atoms with Crippen LogP contribution in [0.25, 0.3) is 0 Å². The number of hydrogen-bond donors (Lipinski definition) is 2. The molecule has 1 aromatic carbocycles. The first-order valence-corrected chi connectivity index (χ1v) is 8.02. The number of amides is 2. The summed E-state index contributed by atoms with van der Waals surface area (Å²) in [6, 6.07) is 8.39. The number of nitrogens with one attached hydrogen (secondary N) is 1. The van der Waals surface area contributed by atoms with Crippen molar-refractivity contribution in [2.24, 2.45) is 5.92 Å². The quantitative estimate of drug-likeness (QED) is 0.845. The number of aryl methyl sites for hydroxylation is 1. The van der Waals surface area contributed by atoms with Gasteiger partial charge < -0.3 is 15.3 Å². The van der Waals surface area contributed by atoms with Crippen LogP contribution < -0.4 is 5.32 Å². The monoisotopic (exact) mass is 288 g/mol. The molecule has 1 atom stereocenters. The molecular weight excluding hydrogens is 264 g/mol. The molecule has 1 fully saturated rings. The summed E-state index contributed by atoms with van der Waals surface area (Å²) in [4.78, 5) is 14.2. The van der Waals surface area contributed by atoms with E-state index in [1.807, 2.05) is 12.1 Å². The molecule has 1 unspecified atom stereocenters. The van der Waals surface area contributed by atoms with Gasteiger partial charge in [-0.2, -0.15) is 0 Å². The Hall–Kier alpha value is -1.55. The Kier molecular flexibility index (Phi) is 4.44. The molecule has 0 spiro atoms. The summed E-state index contributed by atoms with van der Waals surface area (Å²) < 4.78 is 0. The summed E-state index contributed by atoms with van der Waals surface area (Å²) in [7, 11) is 0. The largest absolute Gasteiger partial charge is 0.395 e. The Balaban J connectivity index is 1.64. The van der Waals surface area contributed by atoms with Crippen LogP contribution in [-0.2, 0) is 6.42 Å². The molecule has 0 radical (unpaired) electrons. The van der Waals surface area contributed by atoms with Crippen LogP contribution in [0.4, 0.5) is 4.79 Å². The van der Waals surface area contributed by atoms with Crippen molar-refractivity contribution in [3.05, 3.63) is 35.4 Å². The Labute approximate surface area is 126 Å². The van der Waals surface area contributed by atoms with Crippen molar-refractivity contribution in [3.63, 3.8) is 0 Å². The van der Waals surface area contributed by atoms with E-state index in [9.17, 15) is 9.90 Å². The smallest absolute Gasteiger partial charge is 0.317 e. The number of nitrogens with zero attached hydrogens (tertiary/aromatic N) is 1. The Morgan fingerprint density at radius 1 is 1.29 bits per heavy atom. The zero-order valence-corrected chi connectivity index (χ0v) is 12.4. The van der Waals surface area contributed by atoms with Crippen LogP contribution in [0.3, 0.4) is 0 Å². The molecule has 2 aliphatic rings. The lowest BCUT2D eigenvalue weighted by atomic mass is 10.1. The molecule has 2 aliphatic carbocycles. The molecule has 0 heterocycles. The van der Waals surface area contributed by atoms with Crippen molar-refractivity contribution in [1.29, 1.82) is 0 Å². The van der Waals surface area contributed by atoms with Crippen LogP contribution in [0.1, 0.15) is 42.9 Å². The van der Waals surface area contributed by atoms with Gasteiger partial charge in [-0.25, -0.2) is 4.79 Å². The molecule has 1 saturated carbocycles. The zero-order chi connectivity index (χ0) is 14.7. The van der Waals surface area contributed by atoms with Crippen molar-refractivity contribution in [3.8, 4) is 0 Å². The first-order valence-electron chi connectivity index (χ1n) is 8.02. The minimum Gasteiger partial charge on any atom is -0.395 e. The highest BCUT2D eigenvalue weighted by Gasteiger charge is 2.30. The molecule has 2 amide bonds. The maximum Gasteiger partial charge on any atom is 0.317 e. The van der Waals surface area contributed by atoms with E-state index in [0.717, 1.165) is 31.7 Å². The number of aliphatic hydroxyl groups excluding tert-OH is 1. The van der Waals surface area contributed by atoms with Gasteiger partial charge in [-0.1, -0.05) is 37.1 Å². The van der Waals surface area contributed by atoms with Crippen LogP contribution in [0.5, 0.6) is 0 Å². The van der Waals surface area contributed by atoms with Crippen molar-refractivity contribution in [1.82, 2.24) is 10.2 Å². The van der Waals surface area contributed by atoms with Gasteiger partial charge in [-0.3, -0.25) is 0 Å². The Morgan fingerprint density at radius 2 is 2.10 bits per heavy atom. The molecule has 21 heavy (non-hydrogen) atoms. The van der Waals surface area contributed by atoms with Gasteiger partial charge in [0.05, 0.1) is 12.6 Å². The van der Waals surface area contributed by atoms with E-state index in [0.29, 0.717) is 6.54 Å². The minimum absolute atomic E-state index is 0.00864. The lowest BCUT2D eigenvalue weighted by molar-refractivity contribution is 0.151. The van der Waals surface area contributed by atoms with Crippen LogP contribution >= 0.6 is 0 Å². The third-order valence-corrected chi connectivity index (χ3v) is 4.60. The van der Waals surface area contributed by atoms with Gasteiger partial charge in [-0.05, 0) is 36.3 Å². The Morgan fingerprint density at radius 3 is 2.86 bits per heavy atom. The number of urea groups is 1. The van der Waals surface area contributed by atoms with Crippen LogP contribution in [0.2, 0.25) is 0 Å². The first-order chi connectivity index (χ1) is 10.3. The lowest BCUT2D eigenvalue weighted by Gasteiger charge is -2.29. The van der Waals surface area contributed by atoms with E-state index in [2.05, 4.69) is 17.4 Å². The van der Waals surface area contributed by atoms with Crippen LogP contribution in [-0.4, -0.2) is 35.7 Å². The highest BCUT2D eigenvalue weighted by molar-refractivity contribution is 5.75. The van der Waals surface area contributed by atoms with Crippen molar-refractivity contribution < 1.29 is 9.90 Å². The second-order valence-electron chi connectivity index (χ2n) is 6.13. The number of hydrogen-bond acceptors (Lipinski definition) is 2. The fraction of sp³-hybridized carbons (Fsp3) is 0.588. The van der Waals surface area contributed by atoms with Crippen molar-refractivity contribution in [2.45, 2.75) is 38.1 Å². The van der Waals surface area contributed by atoms with Crippen molar-refractivity contribution in [2.75, 3.05) is 19.7 Å². The topological polar surface area (TPSA) is 52.6 Å². The Bertz CT molecular complexity index is 499. The van der Waals surface area contributed by atoms with E-state index in [-0.39, 0.29) is 18.7 Å². The standard InChI is InChI=1S/C17H24N2O2/c20-12-11-19(17(21)18-10-9-13-5-6-13)16-8-7-14-3-1-2-4-15(14)16/h1-4,13,16,20H,5-12H2,(H,18,21). The fourth-order valence-corrected chi connectivity index (χ4v) is 3.26. The highest BCUT2D eigenvalue weighted by atomic mass is 16.3. The maximum atomic E-state index is 12.4.